The number of aliphatic carboxylic acids is 1. The molecule has 0 aliphatic heterocycles. The zero-order valence-corrected chi connectivity index (χ0v) is 20.5. The molecule has 1 aliphatic rings. The zero-order valence-electron chi connectivity index (χ0n) is 19.5. The molecule has 1 amide bonds. The Morgan fingerprint density at radius 3 is 2.30 bits per heavy atom. The standard InChI is InChI=1S/C23H37NO5Si/c1-22(2,3)19(20(25)26)28-14-17-16-12-10-9-11-15(16)13-18(17)24-21(27)29-30(7,8)23(4,5)6/h9-12,17-19H,13-14H2,1-8H3,(H,24,27)(H,25,26)/t17-,18-,19?/m1/s1. The monoisotopic (exact) mass is 435 g/mol. The smallest absolute Gasteiger partial charge is 0.393 e. The highest BCUT2D eigenvalue weighted by atomic mass is 28.4. The van der Waals surface area contributed by atoms with Gasteiger partial charge in [0.05, 0.1) is 6.61 Å². The van der Waals surface area contributed by atoms with Crippen LogP contribution in [0.3, 0.4) is 0 Å². The van der Waals surface area contributed by atoms with E-state index in [1.807, 2.05) is 58.1 Å². The van der Waals surface area contributed by atoms with E-state index in [1.54, 1.807) is 0 Å². The summed E-state index contributed by atoms with van der Waals surface area (Å²) in [7, 11) is -2.24. The number of amides is 1. The number of hydrogen-bond donors (Lipinski definition) is 2. The highest BCUT2D eigenvalue weighted by Crippen LogP contribution is 2.38. The lowest BCUT2D eigenvalue weighted by Crippen LogP contribution is -2.48. The van der Waals surface area contributed by atoms with Crippen molar-refractivity contribution in [2.24, 2.45) is 5.41 Å². The van der Waals surface area contributed by atoms with Crippen LogP contribution in [0.5, 0.6) is 0 Å². The summed E-state index contributed by atoms with van der Waals surface area (Å²) in [5.74, 6) is -1.10. The molecule has 1 aromatic carbocycles. The van der Waals surface area contributed by atoms with Crippen LogP contribution >= 0.6 is 0 Å². The molecule has 2 rings (SSSR count). The molecule has 0 heterocycles. The van der Waals surface area contributed by atoms with Crippen LogP contribution in [0, 0.1) is 5.41 Å². The molecule has 1 aliphatic carbocycles. The Morgan fingerprint density at radius 2 is 1.77 bits per heavy atom. The van der Waals surface area contributed by atoms with E-state index in [-0.39, 0.29) is 23.6 Å². The Morgan fingerprint density at radius 1 is 1.17 bits per heavy atom. The Bertz CT molecular complexity index is 779. The maximum Gasteiger partial charge on any atom is 0.393 e. The second-order valence-electron chi connectivity index (χ2n) is 10.8. The van der Waals surface area contributed by atoms with E-state index in [1.165, 1.54) is 0 Å². The van der Waals surface area contributed by atoms with E-state index in [0.29, 0.717) is 6.42 Å². The molecule has 0 bridgehead atoms. The van der Waals surface area contributed by atoms with Crippen molar-refractivity contribution in [1.29, 1.82) is 0 Å². The molecule has 168 valence electrons. The summed E-state index contributed by atoms with van der Waals surface area (Å²) >= 11 is 0. The first kappa shape index (κ1) is 24.4. The summed E-state index contributed by atoms with van der Waals surface area (Å²) < 4.78 is 11.8. The molecule has 0 aromatic heterocycles. The van der Waals surface area contributed by atoms with Gasteiger partial charge in [0.1, 0.15) is 0 Å². The van der Waals surface area contributed by atoms with E-state index in [0.717, 1.165) is 11.1 Å². The Labute approximate surface area is 181 Å². The maximum absolute atomic E-state index is 12.7. The highest BCUT2D eigenvalue weighted by Gasteiger charge is 2.42. The first-order valence-corrected chi connectivity index (χ1v) is 13.5. The summed E-state index contributed by atoms with van der Waals surface area (Å²) in [6.45, 7) is 16.1. The lowest BCUT2D eigenvalue weighted by atomic mass is 9.89. The summed E-state index contributed by atoms with van der Waals surface area (Å²) in [6, 6.07) is 7.80. The largest absolute Gasteiger partial charge is 0.504 e. The fourth-order valence-electron chi connectivity index (χ4n) is 3.49. The summed E-state index contributed by atoms with van der Waals surface area (Å²) in [5.41, 5.74) is 1.70. The highest BCUT2D eigenvalue weighted by molar-refractivity contribution is 6.75. The van der Waals surface area contributed by atoms with Crippen molar-refractivity contribution in [2.45, 2.75) is 84.2 Å². The van der Waals surface area contributed by atoms with Crippen LogP contribution in [0.1, 0.15) is 58.6 Å². The van der Waals surface area contributed by atoms with Crippen molar-refractivity contribution in [3.05, 3.63) is 35.4 Å². The summed E-state index contributed by atoms with van der Waals surface area (Å²) in [4.78, 5) is 24.4. The van der Waals surface area contributed by atoms with Crippen molar-refractivity contribution >= 4 is 20.4 Å². The van der Waals surface area contributed by atoms with Crippen molar-refractivity contribution < 1.29 is 23.9 Å². The Hall–Kier alpha value is -1.86. The van der Waals surface area contributed by atoms with Crippen LogP contribution in [0.25, 0.3) is 0 Å². The molecule has 1 aromatic rings. The lowest BCUT2D eigenvalue weighted by Gasteiger charge is -2.36. The van der Waals surface area contributed by atoms with Gasteiger partial charge in [0.25, 0.3) is 8.32 Å². The fourth-order valence-corrected chi connectivity index (χ4v) is 4.32. The molecule has 0 fully saturated rings. The Balaban J connectivity index is 2.17. The van der Waals surface area contributed by atoms with Crippen molar-refractivity contribution in [3.8, 4) is 0 Å². The zero-order chi connectivity index (χ0) is 22.9. The predicted octanol–water partition coefficient (Wildman–Crippen LogP) is 4.94. The predicted molar refractivity (Wildman–Crippen MR) is 120 cm³/mol. The number of carbonyl (C=O) groups is 2. The van der Waals surface area contributed by atoms with Crippen molar-refractivity contribution in [2.75, 3.05) is 6.61 Å². The second kappa shape index (κ2) is 8.71. The van der Waals surface area contributed by atoms with Gasteiger partial charge in [-0.2, -0.15) is 0 Å². The fraction of sp³-hybridized carbons (Fsp3) is 0.652. The van der Waals surface area contributed by atoms with Gasteiger partial charge in [0, 0.05) is 12.0 Å². The molecule has 7 heteroatoms. The number of hydrogen-bond acceptors (Lipinski definition) is 4. The number of fused-ring (bicyclic) bond motifs is 1. The van der Waals surface area contributed by atoms with Crippen LogP contribution in [0.4, 0.5) is 4.79 Å². The van der Waals surface area contributed by atoms with Crippen LogP contribution < -0.4 is 5.32 Å². The van der Waals surface area contributed by atoms with Gasteiger partial charge < -0.3 is 19.6 Å². The van der Waals surface area contributed by atoms with Crippen molar-refractivity contribution in [3.63, 3.8) is 0 Å². The van der Waals surface area contributed by atoms with Gasteiger partial charge in [-0.1, -0.05) is 65.8 Å². The van der Waals surface area contributed by atoms with E-state index in [9.17, 15) is 14.7 Å². The summed E-state index contributed by atoms with van der Waals surface area (Å²) in [6.07, 6.45) is -0.663. The molecule has 6 nitrogen and oxygen atoms in total. The van der Waals surface area contributed by atoms with E-state index in [4.69, 9.17) is 9.16 Å². The quantitative estimate of drug-likeness (QED) is 0.618. The van der Waals surface area contributed by atoms with Gasteiger partial charge in [0.2, 0.25) is 0 Å². The number of carboxylic acid groups (broad SMARTS) is 1. The molecular weight excluding hydrogens is 398 g/mol. The van der Waals surface area contributed by atoms with Gasteiger partial charge in [0.15, 0.2) is 6.10 Å². The number of ether oxygens (including phenoxy) is 1. The average Bonchev–Trinajstić information content (AvgIpc) is 2.89. The molecule has 1 unspecified atom stereocenters. The van der Waals surface area contributed by atoms with Gasteiger partial charge in [-0.15, -0.1) is 0 Å². The molecule has 0 spiro atoms. The minimum atomic E-state index is -2.24. The molecule has 3 atom stereocenters. The van der Waals surface area contributed by atoms with Crippen LogP contribution in [-0.2, 0) is 20.4 Å². The van der Waals surface area contributed by atoms with E-state index in [2.05, 4.69) is 26.1 Å². The first-order valence-electron chi connectivity index (χ1n) is 10.5. The van der Waals surface area contributed by atoms with E-state index >= 15 is 0 Å². The summed E-state index contributed by atoms with van der Waals surface area (Å²) in [5, 5.41) is 12.5. The molecular formula is C23H37NO5Si. The Kier molecular flexibility index (Phi) is 7.09. The first-order chi connectivity index (χ1) is 13.6. The molecule has 0 saturated heterocycles. The van der Waals surface area contributed by atoms with Crippen molar-refractivity contribution in [1.82, 2.24) is 5.32 Å². The third kappa shape index (κ3) is 5.63. The lowest BCUT2D eigenvalue weighted by molar-refractivity contribution is -0.158. The normalized spacial score (nSPS) is 20.4. The van der Waals surface area contributed by atoms with Crippen LogP contribution in [0.15, 0.2) is 24.3 Å². The van der Waals surface area contributed by atoms with E-state index < -0.39 is 31.9 Å². The van der Waals surface area contributed by atoms with Crippen LogP contribution in [-0.4, -0.2) is 44.2 Å². The van der Waals surface area contributed by atoms with Gasteiger partial charge >= 0.3 is 12.1 Å². The van der Waals surface area contributed by atoms with Gasteiger partial charge in [-0.05, 0) is 41.1 Å². The minimum absolute atomic E-state index is 0.0765. The number of benzene rings is 1. The number of carboxylic acids is 1. The number of carbonyl (C=O) groups excluding carboxylic acids is 1. The molecule has 30 heavy (non-hydrogen) atoms. The SMILES string of the molecule is CC(C)(C)C(OC[C@@H]1c2ccccc2C[C@H]1NC(=O)O[Si](C)(C)C(C)(C)C)C(=O)O. The van der Waals surface area contributed by atoms with Crippen LogP contribution in [0.2, 0.25) is 18.1 Å². The average molecular weight is 436 g/mol. The topological polar surface area (TPSA) is 84.9 Å². The number of nitrogens with one attached hydrogen (secondary N) is 1. The number of rotatable bonds is 6. The molecule has 2 N–H and O–H groups in total. The molecule has 0 radical (unpaired) electrons. The third-order valence-corrected chi connectivity index (χ3v) is 10.6. The maximum atomic E-state index is 12.7. The van der Waals surface area contributed by atoms with Gasteiger partial charge in [-0.25, -0.2) is 9.59 Å². The third-order valence-electron chi connectivity index (χ3n) is 6.29. The van der Waals surface area contributed by atoms with Gasteiger partial charge in [-0.3, -0.25) is 0 Å². The molecule has 0 saturated carbocycles. The minimum Gasteiger partial charge on any atom is -0.504 e. The second-order valence-corrected chi connectivity index (χ2v) is 15.6.